The van der Waals surface area contributed by atoms with Crippen molar-refractivity contribution in [3.05, 3.63) is 0 Å². The van der Waals surface area contributed by atoms with Crippen LogP contribution in [0, 0.1) is 0 Å². The third-order valence-corrected chi connectivity index (χ3v) is 10.2. The maximum Gasteiger partial charge on any atom is 0.324 e. The van der Waals surface area contributed by atoms with Crippen molar-refractivity contribution in [2.75, 3.05) is 13.2 Å². The van der Waals surface area contributed by atoms with E-state index >= 15 is 0 Å². The maximum atomic E-state index is 10.2. The zero-order valence-electron chi connectivity index (χ0n) is 28.9. The molecule has 0 bridgehead atoms. The SMILES string of the molecule is CCCCCCCCCCCCCCCCCCOP(O)(=S)OCCCCCCCCCCCCCCCCCC.[Zn]. The predicted octanol–water partition coefficient (Wildman–Crippen LogP) is 13.8. The average Bonchev–Trinajstić information content (AvgIpc) is 2.96. The van der Waals surface area contributed by atoms with E-state index in [1.165, 1.54) is 180 Å². The number of hydrogen-bond donors (Lipinski definition) is 1. The summed E-state index contributed by atoms with van der Waals surface area (Å²) in [5.74, 6) is 0. The van der Waals surface area contributed by atoms with Gasteiger partial charge >= 0.3 is 6.72 Å². The van der Waals surface area contributed by atoms with Gasteiger partial charge in [-0.15, -0.1) is 0 Å². The molecule has 0 amide bonds. The van der Waals surface area contributed by atoms with Crippen LogP contribution in [0.3, 0.4) is 0 Å². The standard InChI is InChI=1S/C36H75O3PS.Zn/c1-3-5-7-9-11-13-15-17-19-21-23-25-27-29-31-33-35-38-40(37,41)39-36-34-32-30-28-26-24-22-20-18-16-14-12-10-8-6-4-2;/h3-36H2,1-2H3,(H,37,41);. The molecule has 0 atom stereocenters. The average molecular weight is 684 g/mol. The summed E-state index contributed by atoms with van der Waals surface area (Å²) >= 11 is 5.19. The van der Waals surface area contributed by atoms with Crippen LogP contribution in [-0.4, -0.2) is 18.1 Å². The summed E-state index contributed by atoms with van der Waals surface area (Å²) in [7, 11) is 0. The monoisotopic (exact) mass is 682 g/mol. The molecule has 1 N–H and O–H groups in total. The van der Waals surface area contributed by atoms with E-state index in [2.05, 4.69) is 13.8 Å². The Morgan fingerprint density at radius 3 is 0.714 bits per heavy atom. The van der Waals surface area contributed by atoms with Crippen molar-refractivity contribution in [3.63, 3.8) is 0 Å². The Labute approximate surface area is 283 Å². The van der Waals surface area contributed by atoms with Crippen molar-refractivity contribution in [2.45, 2.75) is 219 Å². The molecular weight excluding hydrogens is 609 g/mol. The van der Waals surface area contributed by atoms with E-state index in [9.17, 15) is 4.89 Å². The van der Waals surface area contributed by atoms with Crippen LogP contribution in [0.15, 0.2) is 0 Å². The molecule has 0 fully saturated rings. The number of unbranched alkanes of at least 4 members (excludes halogenated alkanes) is 30. The van der Waals surface area contributed by atoms with Gasteiger partial charge in [-0.3, -0.25) is 0 Å². The van der Waals surface area contributed by atoms with Gasteiger partial charge in [0.25, 0.3) is 0 Å². The first-order chi connectivity index (χ1) is 20.1. The summed E-state index contributed by atoms with van der Waals surface area (Å²) < 4.78 is 11.1. The van der Waals surface area contributed by atoms with Crippen molar-refractivity contribution in [2.24, 2.45) is 0 Å². The third kappa shape index (κ3) is 39.2. The minimum absolute atomic E-state index is 0. The fraction of sp³-hybridized carbons (Fsp3) is 1.00. The first-order valence-corrected chi connectivity index (χ1v) is 21.3. The molecule has 0 unspecified atom stereocenters. The molecule has 0 spiro atoms. The van der Waals surface area contributed by atoms with Crippen LogP contribution < -0.4 is 0 Å². The second-order valence-electron chi connectivity index (χ2n) is 12.7. The van der Waals surface area contributed by atoms with Crippen molar-refractivity contribution >= 4 is 18.5 Å². The van der Waals surface area contributed by atoms with Gasteiger partial charge in [-0.05, 0) is 24.6 Å². The van der Waals surface area contributed by atoms with Crippen LogP contribution >= 0.6 is 6.72 Å². The van der Waals surface area contributed by atoms with Crippen LogP contribution in [-0.2, 0) is 40.3 Å². The third-order valence-electron chi connectivity index (χ3n) is 8.50. The summed E-state index contributed by atoms with van der Waals surface area (Å²) in [5, 5.41) is 0. The van der Waals surface area contributed by atoms with Crippen LogP contribution in [0.1, 0.15) is 219 Å². The van der Waals surface area contributed by atoms with E-state index in [4.69, 9.17) is 20.9 Å². The van der Waals surface area contributed by atoms with Crippen molar-refractivity contribution in [1.82, 2.24) is 0 Å². The van der Waals surface area contributed by atoms with E-state index in [1.807, 2.05) is 0 Å². The van der Waals surface area contributed by atoms with E-state index in [0.717, 1.165) is 25.7 Å². The molecule has 0 saturated heterocycles. The first kappa shape index (κ1) is 45.3. The van der Waals surface area contributed by atoms with Crippen LogP contribution in [0.25, 0.3) is 0 Å². The largest absolute Gasteiger partial charge is 0.324 e. The quantitative estimate of drug-likeness (QED) is 0.0405. The van der Waals surface area contributed by atoms with Gasteiger partial charge < -0.3 is 13.9 Å². The van der Waals surface area contributed by atoms with Gasteiger partial charge in [0.1, 0.15) is 0 Å². The molecule has 0 aromatic carbocycles. The van der Waals surface area contributed by atoms with Crippen LogP contribution in [0.2, 0.25) is 0 Å². The van der Waals surface area contributed by atoms with Crippen molar-refractivity contribution in [3.8, 4) is 0 Å². The molecule has 0 radical (unpaired) electrons. The Morgan fingerprint density at radius 1 is 0.357 bits per heavy atom. The Balaban J connectivity index is 0. The summed E-state index contributed by atoms with van der Waals surface area (Å²) in [6.07, 6.45) is 43.4. The molecule has 3 nitrogen and oxygen atoms in total. The van der Waals surface area contributed by atoms with Gasteiger partial charge in [-0.1, -0.05) is 206 Å². The summed E-state index contributed by atoms with van der Waals surface area (Å²) in [6, 6.07) is 0. The summed E-state index contributed by atoms with van der Waals surface area (Å²) in [4.78, 5) is 10.2. The van der Waals surface area contributed by atoms with E-state index in [0.29, 0.717) is 13.2 Å². The Morgan fingerprint density at radius 2 is 0.524 bits per heavy atom. The fourth-order valence-corrected chi connectivity index (χ4v) is 6.94. The van der Waals surface area contributed by atoms with Gasteiger partial charge in [0.15, 0.2) is 0 Å². The molecule has 0 aromatic rings. The molecule has 6 heteroatoms. The molecule has 0 aliphatic heterocycles. The summed E-state index contributed by atoms with van der Waals surface area (Å²) in [6.45, 7) is 2.60. The van der Waals surface area contributed by atoms with Gasteiger partial charge in [0, 0.05) is 19.5 Å². The molecular formula is C36H75O3PSZn. The van der Waals surface area contributed by atoms with Crippen LogP contribution in [0.4, 0.5) is 0 Å². The Hall–Kier alpha value is 1.15. The van der Waals surface area contributed by atoms with Crippen molar-refractivity contribution in [1.29, 1.82) is 0 Å². The number of hydrogen-bond acceptors (Lipinski definition) is 3. The van der Waals surface area contributed by atoms with E-state index < -0.39 is 6.72 Å². The first-order valence-electron chi connectivity index (χ1n) is 18.7. The predicted molar refractivity (Wildman–Crippen MR) is 187 cm³/mol. The Kier molecular flexibility index (Phi) is 41.3. The second kappa shape index (κ2) is 38.3. The van der Waals surface area contributed by atoms with Gasteiger partial charge in [-0.25, -0.2) is 0 Å². The molecule has 0 aromatic heterocycles. The smallest absolute Gasteiger partial charge is 0.324 e. The number of rotatable bonds is 36. The minimum atomic E-state index is -3.04. The van der Waals surface area contributed by atoms with Gasteiger partial charge in [0.05, 0.1) is 13.2 Å². The maximum absolute atomic E-state index is 10.2. The Bertz CT molecular complexity index is 496. The molecule has 0 aliphatic rings. The normalized spacial score (nSPS) is 11.7. The fourth-order valence-electron chi connectivity index (χ4n) is 5.70. The van der Waals surface area contributed by atoms with E-state index in [1.54, 1.807) is 0 Å². The zero-order valence-corrected chi connectivity index (χ0v) is 33.5. The molecule has 0 saturated carbocycles. The van der Waals surface area contributed by atoms with Crippen molar-refractivity contribution < 1.29 is 33.4 Å². The van der Waals surface area contributed by atoms with Crippen LogP contribution in [0.5, 0.6) is 0 Å². The molecule has 0 aliphatic carbocycles. The second-order valence-corrected chi connectivity index (χ2v) is 15.6. The molecule has 0 rings (SSSR count). The minimum Gasteiger partial charge on any atom is -0.324 e. The van der Waals surface area contributed by atoms with Gasteiger partial charge in [-0.2, -0.15) is 0 Å². The molecule has 250 valence electrons. The summed E-state index contributed by atoms with van der Waals surface area (Å²) in [5.41, 5.74) is 0. The molecule has 0 heterocycles. The molecule has 42 heavy (non-hydrogen) atoms. The van der Waals surface area contributed by atoms with E-state index in [-0.39, 0.29) is 19.5 Å². The zero-order chi connectivity index (χ0) is 30.0. The topological polar surface area (TPSA) is 38.7 Å². The van der Waals surface area contributed by atoms with Gasteiger partial charge in [0.2, 0.25) is 0 Å².